The van der Waals surface area contributed by atoms with E-state index in [9.17, 15) is 4.79 Å². The van der Waals surface area contributed by atoms with E-state index < -0.39 is 0 Å². The van der Waals surface area contributed by atoms with Gasteiger partial charge in [-0.3, -0.25) is 4.79 Å². The molecular formula is C20H21N3O. The van der Waals surface area contributed by atoms with Crippen LogP contribution in [0.5, 0.6) is 0 Å². The number of hydrogen-bond donors (Lipinski definition) is 0. The van der Waals surface area contributed by atoms with Crippen LogP contribution < -0.4 is 4.90 Å². The summed E-state index contributed by atoms with van der Waals surface area (Å²) in [6, 6.07) is 18.4. The minimum atomic E-state index is 0.130. The molecule has 4 heteroatoms. The van der Waals surface area contributed by atoms with Gasteiger partial charge in [0.15, 0.2) is 0 Å². The SMILES string of the molecule is Cn1ccc2ccc(C(=O)N3CCN(c4ccccc4)CC3)cc21. The predicted octanol–water partition coefficient (Wildman–Crippen LogP) is 3.14. The van der Waals surface area contributed by atoms with Gasteiger partial charge >= 0.3 is 0 Å². The first-order chi connectivity index (χ1) is 11.7. The zero-order valence-electron chi connectivity index (χ0n) is 13.9. The lowest BCUT2D eigenvalue weighted by molar-refractivity contribution is 0.0747. The Morgan fingerprint density at radius 1 is 0.917 bits per heavy atom. The average molecular weight is 319 g/mol. The van der Waals surface area contributed by atoms with E-state index in [0.717, 1.165) is 37.3 Å². The summed E-state index contributed by atoms with van der Waals surface area (Å²) in [7, 11) is 2.01. The molecule has 1 aromatic heterocycles. The number of carbonyl (C=O) groups excluding carboxylic acids is 1. The third kappa shape index (κ3) is 2.64. The Kier molecular flexibility index (Phi) is 3.73. The topological polar surface area (TPSA) is 28.5 Å². The lowest BCUT2D eigenvalue weighted by Crippen LogP contribution is -2.48. The first kappa shape index (κ1) is 14.8. The van der Waals surface area contributed by atoms with E-state index in [0.29, 0.717) is 0 Å². The van der Waals surface area contributed by atoms with Crippen molar-refractivity contribution in [1.82, 2.24) is 9.47 Å². The molecule has 4 nitrogen and oxygen atoms in total. The molecule has 0 unspecified atom stereocenters. The van der Waals surface area contributed by atoms with Gasteiger partial charge in [-0.1, -0.05) is 24.3 Å². The Morgan fingerprint density at radius 2 is 1.67 bits per heavy atom. The van der Waals surface area contributed by atoms with Gasteiger partial charge in [0.05, 0.1) is 0 Å². The number of aryl methyl sites for hydroxylation is 1. The van der Waals surface area contributed by atoms with Crippen LogP contribution in [0.4, 0.5) is 5.69 Å². The molecular weight excluding hydrogens is 298 g/mol. The maximum atomic E-state index is 12.8. The van der Waals surface area contributed by atoms with E-state index in [2.05, 4.69) is 39.8 Å². The van der Waals surface area contributed by atoms with Crippen LogP contribution in [-0.4, -0.2) is 41.6 Å². The van der Waals surface area contributed by atoms with Crippen LogP contribution in [0.25, 0.3) is 10.9 Å². The third-order valence-electron chi connectivity index (χ3n) is 4.82. The average Bonchev–Trinajstić information content (AvgIpc) is 3.02. The summed E-state index contributed by atoms with van der Waals surface area (Å²) in [4.78, 5) is 17.1. The second-order valence-corrected chi connectivity index (χ2v) is 6.32. The molecule has 0 saturated carbocycles. The molecule has 3 aromatic rings. The number of nitrogens with zero attached hydrogens (tertiary/aromatic N) is 3. The molecule has 1 amide bonds. The molecule has 0 spiro atoms. The van der Waals surface area contributed by atoms with Crippen molar-refractivity contribution in [3.05, 3.63) is 66.4 Å². The number of aromatic nitrogens is 1. The first-order valence-electron chi connectivity index (χ1n) is 8.37. The van der Waals surface area contributed by atoms with Crippen LogP contribution in [0.1, 0.15) is 10.4 Å². The molecule has 2 aromatic carbocycles. The number of anilines is 1. The fourth-order valence-electron chi connectivity index (χ4n) is 3.38. The number of amides is 1. The van der Waals surface area contributed by atoms with Gasteiger partial charge in [0.2, 0.25) is 0 Å². The lowest BCUT2D eigenvalue weighted by Gasteiger charge is -2.36. The van der Waals surface area contributed by atoms with Gasteiger partial charge in [0, 0.05) is 56.2 Å². The largest absolute Gasteiger partial charge is 0.368 e. The number of benzene rings is 2. The summed E-state index contributed by atoms with van der Waals surface area (Å²) in [6.07, 6.45) is 2.03. The van der Waals surface area contributed by atoms with Crippen molar-refractivity contribution in [2.24, 2.45) is 7.05 Å². The van der Waals surface area contributed by atoms with Crippen LogP contribution in [0.15, 0.2) is 60.8 Å². The Morgan fingerprint density at radius 3 is 2.42 bits per heavy atom. The summed E-state index contributed by atoms with van der Waals surface area (Å²) in [5.41, 5.74) is 3.11. The van der Waals surface area contributed by atoms with Crippen LogP contribution in [0, 0.1) is 0 Å². The van der Waals surface area contributed by atoms with E-state index in [1.165, 1.54) is 11.1 Å². The molecule has 1 aliphatic heterocycles. The van der Waals surface area contributed by atoms with Gasteiger partial charge in [0.25, 0.3) is 5.91 Å². The van der Waals surface area contributed by atoms with Crippen molar-refractivity contribution < 1.29 is 4.79 Å². The molecule has 122 valence electrons. The maximum Gasteiger partial charge on any atom is 0.254 e. The zero-order chi connectivity index (χ0) is 16.5. The van der Waals surface area contributed by atoms with E-state index in [-0.39, 0.29) is 5.91 Å². The predicted molar refractivity (Wildman–Crippen MR) is 97.5 cm³/mol. The zero-order valence-corrected chi connectivity index (χ0v) is 13.9. The molecule has 2 heterocycles. The molecule has 0 N–H and O–H groups in total. The second kappa shape index (κ2) is 6.04. The highest BCUT2D eigenvalue weighted by Crippen LogP contribution is 2.20. The summed E-state index contributed by atoms with van der Waals surface area (Å²) in [5, 5.41) is 1.17. The van der Waals surface area contributed by atoms with E-state index >= 15 is 0 Å². The summed E-state index contributed by atoms with van der Waals surface area (Å²) in [5.74, 6) is 0.130. The Balaban J connectivity index is 1.48. The molecule has 1 aliphatic rings. The molecule has 0 aliphatic carbocycles. The minimum absolute atomic E-state index is 0.130. The number of carbonyl (C=O) groups is 1. The third-order valence-corrected chi connectivity index (χ3v) is 4.82. The summed E-state index contributed by atoms with van der Waals surface area (Å²) in [6.45, 7) is 3.28. The van der Waals surface area contributed by atoms with Gasteiger partial charge in [-0.15, -0.1) is 0 Å². The molecule has 0 radical (unpaired) electrons. The van der Waals surface area contributed by atoms with Crippen molar-refractivity contribution >= 4 is 22.5 Å². The van der Waals surface area contributed by atoms with Crippen molar-refractivity contribution in [1.29, 1.82) is 0 Å². The molecule has 4 rings (SSSR count). The van der Waals surface area contributed by atoms with E-state index in [4.69, 9.17) is 0 Å². The van der Waals surface area contributed by atoms with Gasteiger partial charge in [0.1, 0.15) is 0 Å². The minimum Gasteiger partial charge on any atom is -0.368 e. The normalized spacial score (nSPS) is 15.0. The fourth-order valence-corrected chi connectivity index (χ4v) is 3.38. The lowest BCUT2D eigenvalue weighted by atomic mass is 10.1. The van der Waals surface area contributed by atoms with Crippen LogP contribution in [0.3, 0.4) is 0 Å². The highest BCUT2D eigenvalue weighted by Gasteiger charge is 2.22. The van der Waals surface area contributed by atoms with Crippen molar-refractivity contribution in [3.63, 3.8) is 0 Å². The Labute approximate surface area is 141 Å². The summed E-state index contributed by atoms with van der Waals surface area (Å²) < 4.78 is 2.06. The summed E-state index contributed by atoms with van der Waals surface area (Å²) >= 11 is 0. The maximum absolute atomic E-state index is 12.8. The van der Waals surface area contributed by atoms with Crippen LogP contribution in [-0.2, 0) is 7.05 Å². The van der Waals surface area contributed by atoms with E-state index in [1.54, 1.807) is 0 Å². The molecule has 1 fully saturated rings. The van der Waals surface area contributed by atoms with Crippen molar-refractivity contribution in [2.45, 2.75) is 0 Å². The molecule has 24 heavy (non-hydrogen) atoms. The number of hydrogen-bond acceptors (Lipinski definition) is 2. The highest BCUT2D eigenvalue weighted by atomic mass is 16.2. The quantitative estimate of drug-likeness (QED) is 0.726. The first-order valence-corrected chi connectivity index (χ1v) is 8.37. The number of piperazine rings is 1. The molecule has 1 saturated heterocycles. The second-order valence-electron chi connectivity index (χ2n) is 6.32. The van der Waals surface area contributed by atoms with Crippen LogP contribution in [0.2, 0.25) is 0 Å². The highest BCUT2D eigenvalue weighted by molar-refractivity contribution is 5.98. The Hall–Kier alpha value is -2.75. The van der Waals surface area contributed by atoms with Gasteiger partial charge in [-0.2, -0.15) is 0 Å². The molecule has 0 atom stereocenters. The van der Waals surface area contributed by atoms with Crippen LogP contribution >= 0.6 is 0 Å². The number of fused-ring (bicyclic) bond motifs is 1. The van der Waals surface area contributed by atoms with Gasteiger partial charge in [-0.05, 0) is 35.7 Å². The van der Waals surface area contributed by atoms with Crippen molar-refractivity contribution in [3.8, 4) is 0 Å². The number of para-hydroxylation sites is 1. The standard InChI is InChI=1S/C20H21N3O/c1-21-10-9-16-7-8-17(15-19(16)21)20(24)23-13-11-22(12-14-23)18-5-3-2-4-6-18/h2-10,15H,11-14H2,1H3. The van der Waals surface area contributed by atoms with E-state index in [1.807, 2.05) is 42.4 Å². The molecule has 0 bridgehead atoms. The monoisotopic (exact) mass is 319 g/mol. The van der Waals surface area contributed by atoms with Crippen molar-refractivity contribution in [2.75, 3.05) is 31.1 Å². The smallest absolute Gasteiger partial charge is 0.254 e. The number of rotatable bonds is 2. The van der Waals surface area contributed by atoms with Gasteiger partial charge in [-0.25, -0.2) is 0 Å². The fraction of sp³-hybridized carbons (Fsp3) is 0.250. The Bertz CT molecular complexity index is 861. The van der Waals surface area contributed by atoms with Gasteiger partial charge < -0.3 is 14.4 Å².